The van der Waals surface area contributed by atoms with Crippen LogP contribution >= 0.6 is 0 Å². The van der Waals surface area contributed by atoms with E-state index < -0.39 is 10.0 Å². The first-order valence-electron chi connectivity index (χ1n) is 11.7. The van der Waals surface area contributed by atoms with Crippen LogP contribution in [-0.2, 0) is 16.4 Å². The highest BCUT2D eigenvalue weighted by molar-refractivity contribution is 7.89. The topological polar surface area (TPSA) is 93.0 Å². The molecule has 0 unspecified atom stereocenters. The molecule has 1 aliphatic rings. The number of hydrogen-bond acceptors (Lipinski definition) is 6. The highest BCUT2D eigenvalue weighted by atomic mass is 32.2. The van der Waals surface area contributed by atoms with Gasteiger partial charge in [-0.15, -0.1) is 0 Å². The van der Waals surface area contributed by atoms with Gasteiger partial charge in [0.1, 0.15) is 12.1 Å². The minimum atomic E-state index is -3.42. The first kappa shape index (κ1) is 22.5. The van der Waals surface area contributed by atoms with Gasteiger partial charge in [0.25, 0.3) is 0 Å². The van der Waals surface area contributed by atoms with E-state index in [0.717, 1.165) is 60.2 Å². The molecule has 0 atom stereocenters. The highest BCUT2D eigenvalue weighted by Crippen LogP contribution is 2.23. The summed E-state index contributed by atoms with van der Waals surface area (Å²) in [4.78, 5) is 9.17. The SMILES string of the molecule is O=S(=O)(c1ccc(CCNc2ncnc3c2cnn3-c2ccccc2)cc1)N1CCCCCC1. The van der Waals surface area contributed by atoms with Gasteiger partial charge in [0.05, 0.1) is 22.2 Å². The maximum Gasteiger partial charge on any atom is 0.243 e. The fourth-order valence-corrected chi connectivity index (χ4v) is 5.84. The number of para-hydroxylation sites is 1. The standard InChI is InChI=1S/C25H28N6O2S/c32-34(33,30-16-6-1-2-7-17-30)22-12-10-20(11-13-22)14-15-26-24-23-18-29-31(25(23)28-19-27-24)21-8-4-3-5-9-21/h3-5,8-13,18-19H,1-2,6-7,14-17H2,(H,26,27,28). The molecule has 8 nitrogen and oxygen atoms in total. The molecule has 1 fully saturated rings. The van der Waals surface area contributed by atoms with E-state index in [0.29, 0.717) is 24.5 Å². The minimum Gasteiger partial charge on any atom is -0.369 e. The van der Waals surface area contributed by atoms with Crippen molar-refractivity contribution in [3.63, 3.8) is 0 Å². The Labute approximate surface area is 199 Å². The molecule has 0 bridgehead atoms. The van der Waals surface area contributed by atoms with Crippen molar-refractivity contribution in [3.05, 3.63) is 72.7 Å². The van der Waals surface area contributed by atoms with E-state index in [1.54, 1.807) is 27.3 Å². The lowest BCUT2D eigenvalue weighted by Crippen LogP contribution is -2.31. The molecule has 2 aromatic heterocycles. The highest BCUT2D eigenvalue weighted by Gasteiger charge is 2.24. The fourth-order valence-electron chi connectivity index (χ4n) is 4.33. The summed E-state index contributed by atoms with van der Waals surface area (Å²) in [6.07, 6.45) is 8.12. The predicted molar refractivity (Wildman–Crippen MR) is 133 cm³/mol. The molecule has 2 aromatic carbocycles. The summed E-state index contributed by atoms with van der Waals surface area (Å²) in [5.41, 5.74) is 2.75. The number of nitrogens with zero attached hydrogens (tertiary/aromatic N) is 5. The van der Waals surface area contributed by atoms with Crippen molar-refractivity contribution in [1.82, 2.24) is 24.1 Å². The number of anilines is 1. The second-order valence-corrected chi connectivity index (χ2v) is 10.4. The maximum absolute atomic E-state index is 13.0. The van der Waals surface area contributed by atoms with Crippen molar-refractivity contribution >= 4 is 26.9 Å². The summed E-state index contributed by atoms with van der Waals surface area (Å²) >= 11 is 0. The maximum atomic E-state index is 13.0. The van der Waals surface area contributed by atoms with Crippen molar-refractivity contribution in [2.75, 3.05) is 25.0 Å². The Morgan fingerprint density at radius 3 is 2.35 bits per heavy atom. The molecule has 34 heavy (non-hydrogen) atoms. The summed E-state index contributed by atoms with van der Waals surface area (Å²) in [6, 6.07) is 17.1. The Morgan fingerprint density at radius 1 is 0.882 bits per heavy atom. The summed E-state index contributed by atoms with van der Waals surface area (Å²) in [5, 5.41) is 8.71. The van der Waals surface area contributed by atoms with Crippen molar-refractivity contribution in [1.29, 1.82) is 0 Å². The van der Waals surface area contributed by atoms with Gasteiger partial charge in [0.15, 0.2) is 5.65 Å². The lowest BCUT2D eigenvalue weighted by Gasteiger charge is -2.20. The molecule has 4 aromatic rings. The van der Waals surface area contributed by atoms with Crippen LogP contribution in [0.15, 0.2) is 72.0 Å². The Balaban J connectivity index is 1.24. The van der Waals surface area contributed by atoms with Crippen molar-refractivity contribution in [2.24, 2.45) is 0 Å². The normalized spacial score (nSPS) is 15.3. The van der Waals surface area contributed by atoms with E-state index in [4.69, 9.17) is 0 Å². The summed E-state index contributed by atoms with van der Waals surface area (Å²) in [6.45, 7) is 1.88. The number of hydrogen-bond donors (Lipinski definition) is 1. The zero-order valence-corrected chi connectivity index (χ0v) is 19.8. The van der Waals surface area contributed by atoms with Crippen LogP contribution in [0, 0.1) is 0 Å². The molecule has 3 heterocycles. The van der Waals surface area contributed by atoms with Crippen LogP contribution in [0.1, 0.15) is 31.2 Å². The fraction of sp³-hybridized carbons (Fsp3) is 0.320. The molecule has 5 rings (SSSR count). The van der Waals surface area contributed by atoms with Gasteiger partial charge in [-0.2, -0.15) is 9.40 Å². The van der Waals surface area contributed by atoms with Crippen molar-refractivity contribution in [3.8, 4) is 5.69 Å². The third-order valence-corrected chi connectivity index (χ3v) is 8.11. The first-order chi connectivity index (χ1) is 16.6. The molecule has 0 radical (unpaired) electrons. The lowest BCUT2D eigenvalue weighted by atomic mass is 10.1. The van der Waals surface area contributed by atoms with E-state index in [1.807, 2.05) is 42.5 Å². The molecule has 1 saturated heterocycles. The van der Waals surface area contributed by atoms with Crippen LogP contribution in [0.5, 0.6) is 0 Å². The number of sulfonamides is 1. The number of rotatable bonds is 7. The Morgan fingerprint density at radius 2 is 1.62 bits per heavy atom. The Hall–Kier alpha value is -3.30. The second-order valence-electron chi connectivity index (χ2n) is 8.49. The zero-order chi connectivity index (χ0) is 23.4. The largest absolute Gasteiger partial charge is 0.369 e. The number of aromatic nitrogens is 4. The van der Waals surface area contributed by atoms with Gasteiger partial charge in [0.2, 0.25) is 10.0 Å². The van der Waals surface area contributed by atoms with Crippen molar-refractivity contribution < 1.29 is 8.42 Å². The summed E-state index contributed by atoms with van der Waals surface area (Å²) in [7, 11) is -3.42. The quantitative estimate of drug-likeness (QED) is 0.433. The van der Waals surface area contributed by atoms with Gasteiger partial charge in [-0.25, -0.2) is 23.1 Å². The van der Waals surface area contributed by atoms with Gasteiger partial charge >= 0.3 is 0 Å². The molecule has 9 heteroatoms. The average Bonchev–Trinajstić information content (AvgIpc) is 3.11. The Bertz CT molecular complexity index is 1350. The molecule has 0 saturated carbocycles. The number of fused-ring (bicyclic) bond motifs is 1. The molecule has 176 valence electrons. The minimum absolute atomic E-state index is 0.372. The Kier molecular flexibility index (Phi) is 6.55. The zero-order valence-electron chi connectivity index (χ0n) is 19.0. The predicted octanol–water partition coefficient (Wildman–Crippen LogP) is 4.03. The van der Waals surface area contributed by atoms with E-state index in [-0.39, 0.29) is 0 Å². The van der Waals surface area contributed by atoms with E-state index in [9.17, 15) is 8.42 Å². The van der Waals surface area contributed by atoms with E-state index >= 15 is 0 Å². The molecular weight excluding hydrogens is 448 g/mol. The van der Waals surface area contributed by atoms with Crippen LogP contribution < -0.4 is 5.32 Å². The molecule has 1 aliphatic heterocycles. The molecular formula is C25H28N6O2S. The first-order valence-corrected chi connectivity index (χ1v) is 13.1. The van der Waals surface area contributed by atoms with E-state index in [2.05, 4.69) is 20.4 Å². The van der Waals surface area contributed by atoms with Crippen LogP contribution in [-0.4, -0.2) is 52.1 Å². The van der Waals surface area contributed by atoms with Crippen LogP contribution in [0.4, 0.5) is 5.82 Å². The number of nitrogens with one attached hydrogen (secondary N) is 1. The van der Waals surface area contributed by atoms with Gasteiger partial charge in [-0.05, 0) is 49.1 Å². The molecule has 1 N–H and O–H groups in total. The summed E-state index contributed by atoms with van der Waals surface area (Å²) < 4.78 is 29.4. The molecule has 0 aliphatic carbocycles. The number of benzene rings is 2. The van der Waals surface area contributed by atoms with Gasteiger partial charge in [0, 0.05) is 19.6 Å². The third-order valence-electron chi connectivity index (χ3n) is 6.20. The monoisotopic (exact) mass is 476 g/mol. The van der Waals surface area contributed by atoms with Crippen LogP contribution in [0.2, 0.25) is 0 Å². The van der Waals surface area contributed by atoms with Crippen molar-refractivity contribution in [2.45, 2.75) is 37.0 Å². The van der Waals surface area contributed by atoms with Gasteiger partial charge in [-0.1, -0.05) is 43.2 Å². The smallest absolute Gasteiger partial charge is 0.243 e. The molecule has 0 amide bonds. The van der Waals surface area contributed by atoms with Gasteiger partial charge in [-0.3, -0.25) is 0 Å². The van der Waals surface area contributed by atoms with Crippen LogP contribution in [0.3, 0.4) is 0 Å². The average molecular weight is 477 g/mol. The second kappa shape index (κ2) is 9.90. The van der Waals surface area contributed by atoms with Gasteiger partial charge < -0.3 is 5.32 Å². The molecule has 0 spiro atoms. The summed E-state index contributed by atoms with van der Waals surface area (Å²) in [5.74, 6) is 0.729. The third kappa shape index (κ3) is 4.67. The lowest BCUT2D eigenvalue weighted by molar-refractivity contribution is 0.423. The van der Waals surface area contributed by atoms with E-state index in [1.165, 1.54) is 6.33 Å². The van der Waals surface area contributed by atoms with Crippen LogP contribution in [0.25, 0.3) is 16.7 Å².